The van der Waals surface area contributed by atoms with E-state index in [9.17, 15) is 18.0 Å². The summed E-state index contributed by atoms with van der Waals surface area (Å²) >= 11 is 0. The van der Waals surface area contributed by atoms with Crippen LogP contribution in [0.15, 0.2) is 64.8 Å². The fraction of sp³-hybridized carbons (Fsp3) is 0.211. The van der Waals surface area contributed by atoms with Crippen LogP contribution >= 0.6 is 0 Å². The van der Waals surface area contributed by atoms with Crippen molar-refractivity contribution in [2.75, 3.05) is 10.0 Å². The Hall–Kier alpha value is -3.60. The molecule has 0 radical (unpaired) electrons. The Morgan fingerprint density at radius 1 is 1.10 bits per heavy atom. The van der Waals surface area contributed by atoms with Crippen LogP contribution in [0.4, 0.5) is 11.6 Å². The van der Waals surface area contributed by atoms with E-state index in [4.69, 9.17) is 0 Å². The van der Waals surface area contributed by atoms with Crippen LogP contribution in [0.5, 0.6) is 0 Å². The molecule has 0 bridgehead atoms. The van der Waals surface area contributed by atoms with E-state index in [1.165, 1.54) is 53.6 Å². The maximum atomic E-state index is 12.4. The highest BCUT2D eigenvalue weighted by Gasteiger charge is 2.15. The number of hydrogen-bond acceptors (Lipinski definition) is 7. The van der Waals surface area contributed by atoms with E-state index in [-0.39, 0.29) is 22.9 Å². The quantitative estimate of drug-likeness (QED) is 0.554. The molecule has 0 atom stereocenters. The third-order valence-electron chi connectivity index (χ3n) is 4.00. The Bertz CT molecular complexity index is 1180. The molecule has 0 fully saturated rings. The SMILES string of the molecule is CCCc1cc(=O)n(CC(=O)Nc2ccc(S(=O)(=O)Nc3ncccn3)cc2)cn1. The van der Waals surface area contributed by atoms with Crippen LogP contribution in [0.1, 0.15) is 19.0 Å². The highest BCUT2D eigenvalue weighted by Crippen LogP contribution is 2.16. The second kappa shape index (κ2) is 9.27. The molecular weight excluding hydrogens is 408 g/mol. The van der Waals surface area contributed by atoms with Crippen molar-refractivity contribution < 1.29 is 13.2 Å². The Kier molecular flexibility index (Phi) is 6.52. The minimum atomic E-state index is -3.86. The lowest BCUT2D eigenvalue weighted by molar-refractivity contribution is -0.116. The van der Waals surface area contributed by atoms with E-state index in [0.29, 0.717) is 17.8 Å². The number of hydrogen-bond donors (Lipinski definition) is 2. The van der Waals surface area contributed by atoms with Crippen molar-refractivity contribution in [2.24, 2.45) is 0 Å². The molecule has 0 aliphatic carbocycles. The van der Waals surface area contributed by atoms with E-state index < -0.39 is 15.9 Å². The summed E-state index contributed by atoms with van der Waals surface area (Å²) in [6, 6.07) is 8.56. The number of amides is 1. The number of rotatable bonds is 8. The predicted molar refractivity (Wildman–Crippen MR) is 110 cm³/mol. The first-order chi connectivity index (χ1) is 14.4. The van der Waals surface area contributed by atoms with Crippen molar-refractivity contribution >= 4 is 27.6 Å². The molecule has 3 rings (SSSR count). The highest BCUT2D eigenvalue weighted by molar-refractivity contribution is 7.92. The van der Waals surface area contributed by atoms with Gasteiger partial charge in [-0.05, 0) is 36.8 Å². The molecule has 156 valence electrons. The Morgan fingerprint density at radius 2 is 1.80 bits per heavy atom. The molecule has 0 aliphatic heterocycles. The van der Waals surface area contributed by atoms with E-state index in [1.807, 2.05) is 6.92 Å². The van der Waals surface area contributed by atoms with E-state index >= 15 is 0 Å². The minimum absolute atomic E-state index is 0.0140. The number of aryl methyl sites for hydroxylation is 1. The van der Waals surface area contributed by atoms with Crippen molar-refractivity contribution in [2.45, 2.75) is 31.2 Å². The van der Waals surface area contributed by atoms with Crippen molar-refractivity contribution in [3.63, 3.8) is 0 Å². The van der Waals surface area contributed by atoms with Crippen molar-refractivity contribution in [3.8, 4) is 0 Å². The average molecular weight is 428 g/mol. The molecular formula is C19H20N6O4S. The number of aromatic nitrogens is 4. The van der Waals surface area contributed by atoms with Gasteiger partial charge in [0.25, 0.3) is 15.6 Å². The number of carbonyl (C=O) groups excluding carboxylic acids is 1. The summed E-state index contributed by atoms with van der Waals surface area (Å²) in [6.45, 7) is 1.79. The molecule has 11 heteroatoms. The maximum absolute atomic E-state index is 12.4. The molecule has 1 amide bonds. The van der Waals surface area contributed by atoms with E-state index in [1.54, 1.807) is 6.07 Å². The van der Waals surface area contributed by atoms with Crippen LogP contribution in [0.25, 0.3) is 0 Å². The standard InChI is InChI=1S/C19H20N6O4S/c1-2-4-15-11-18(27)25(13-22-15)12-17(26)23-14-5-7-16(8-6-14)30(28,29)24-19-20-9-3-10-21-19/h3,5-11,13H,2,4,12H2,1H3,(H,23,26)(H,20,21,24). The first kappa shape index (κ1) is 21.1. The lowest BCUT2D eigenvalue weighted by Crippen LogP contribution is -2.27. The second-order valence-electron chi connectivity index (χ2n) is 6.35. The van der Waals surface area contributed by atoms with Gasteiger partial charge in [-0.1, -0.05) is 13.3 Å². The van der Waals surface area contributed by atoms with Gasteiger partial charge in [0.05, 0.1) is 11.2 Å². The zero-order chi connectivity index (χ0) is 21.6. The third-order valence-corrected chi connectivity index (χ3v) is 5.34. The molecule has 10 nitrogen and oxygen atoms in total. The monoisotopic (exact) mass is 428 g/mol. The van der Waals surface area contributed by atoms with E-state index in [0.717, 1.165) is 6.42 Å². The smallest absolute Gasteiger partial charge is 0.264 e. The van der Waals surface area contributed by atoms with Gasteiger partial charge in [0, 0.05) is 29.8 Å². The number of benzene rings is 1. The zero-order valence-electron chi connectivity index (χ0n) is 16.1. The summed E-state index contributed by atoms with van der Waals surface area (Å²) in [6.07, 6.45) is 5.75. The number of nitrogens with zero attached hydrogens (tertiary/aromatic N) is 4. The van der Waals surface area contributed by atoms with Crippen LogP contribution in [-0.2, 0) is 27.8 Å². The molecule has 3 aromatic rings. The molecule has 30 heavy (non-hydrogen) atoms. The van der Waals surface area contributed by atoms with Crippen LogP contribution in [0.2, 0.25) is 0 Å². The Balaban J connectivity index is 1.64. The molecule has 2 heterocycles. The average Bonchev–Trinajstić information content (AvgIpc) is 2.71. The van der Waals surface area contributed by atoms with Gasteiger partial charge in [-0.25, -0.2) is 28.1 Å². The summed E-state index contributed by atoms with van der Waals surface area (Å²) in [5.74, 6) is -0.479. The van der Waals surface area contributed by atoms with Gasteiger partial charge >= 0.3 is 0 Å². The largest absolute Gasteiger partial charge is 0.325 e. The van der Waals surface area contributed by atoms with Gasteiger partial charge in [-0.2, -0.15) is 0 Å². The van der Waals surface area contributed by atoms with Crippen LogP contribution in [-0.4, -0.2) is 33.8 Å². The van der Waals surface area contributed by atoms with Crippen molar-refractivity contribution in [1.82, 2.24) is 19.5 Å². The molecule has 0 spiro atoms. The molecule has 2 aromatic heterocycles. The number of carbonyl (C=O) groups is 1. The van der Waals surface area contributed by atoms with Gasteiger partial charge in [0.2, 0.25) is 11.9 Å². The van der Waals surface area contributed by atoms with Gasteiger partial charge in [-0.15, -0.1) is 0 Å². The summed E-state index contributed by atoms with van der Waals surface area (Å²) in [4.78, 5) is 36.1. The topological polar surface area (TPSA) is 136 Å². The first-order valence-electron chi connectivity index (χ1n) is 9.12. The van der Waals surface area contributed by atoms with Crippen LogP contribution < -0.4 is 15.6 Å². The first-order valence-corrected chi connectivity index (χ1v) is 10.6. The normalized spacial score (nSPS) is 11.1. The fourth-order valence-corrected chi connectivity index (χ4v) is 3.54. The number of nitrogens with one attached hydrogen (secondary N) is 2. The summed E-state index contributed by atoms with van der Waals surface area (Å²) in [5.41, 5.74) is 0.767. The fourth-order valence-electron chi connectivity index (χ4n) is 2.58. The molecule has 0 unspecified atom stereocenters. The lowest BCUT2D eigenvalue weighted by atomic mass is 10.2. The van der Waals surface area contributed by atoms with E-state index in [2.05, 4.69) is 25.0 Å². The lowest BCUT2D eigenvalue weighted by Gasteiger charge is -2.09. The second-order valence-corrected chi connectivity index (χ2v) is 8.03. The maximum Gasteiger partial charge on any atom is 0.264 e. The third kappa shape index (κ3) is 5.47. The van der Waals surface area contributed by atoms with Gasteiger partial charge in [0.1, 0.15) is 6.54 Å². The summed E-state index contributed by atoms with van der Waals surface area (Å²) < 4.78 is 28.2. The van der Waals surface area contributed by atoms with Crippen LogP contribution in [0, 0.1) is 0 Å². The summed E-state index contributed by atoms with van der Waals surface area (Å²) in [7, 11) is -3.86. The molecule has 0 saturated carbocycles. The zero-order valence-corrected chi connectivity index (χ0v) is 17.0. The van der Waals surface area contributed by atoms with Crippen LogP contribution in [0.3, 0.4) is 0 Å². The highest BCUT2D eigenvalue weighted by atomic mass is 32.2. The van der Waals surface area contributed by atoms with Gasteiger partial charge < -0.3 is 5.32 Å². The van der Waals surface area contributed by atoms with Gasteiger partial charge in [-0.3, -0.25) is 14.2 Å². The minimum Gasteiger partial charge on any atom is -0.325 e. The Morgan fingerprint density at radius 3 is 2.43 bits per heavy atom. The molecule has 1 aromatic carbocycles. The number of anilines is 2. The molecule has 0 saturated heterocycles. The number of sulfonamides is 1. The van der Waals surface area contributed by atoms with Gasteiger partial charge in [0.15, 0.2) is 0 Å². The predicted octanol–water partition coefficient (Wildman–Crippen LogP) is 1.43. The van der Waals surface area contributed by atoms with Crippen molar-refractivity contribution in [3.05, 3.63) is 71.2 Å². The molecule has 2 N–H and O–H groups in total. The Labute approximate surface area is 173 Å². The van der Waals surface area contributed by atoms with Crippen molar-refractivity contribution in [1.29, 1.82) is 0 Å². The summed E-state index contributed by atoms with van der Waals surface area (Å²) in [5, 5.41) is 2.62. The molecule has 0 aliphatic rings.